The topological polar surface area (TPSA) is 0 Å². The molecule has 0 aliphatic heterocycles. The Hall–Kier alpha value is -1.56. The summed E-state index contributed by atoms with van der Waals surface area (Å²) in [4.78, 5) is 0. The maximum absolute atomic E-state index is 2.34. The van der Waals surface area contributed by atoms with Crippen molar-refractivity contribution in [2.24, 2.45) is 0 Å². The molecule has 0 N–H and O–H groups in total. The summed E-state index contributed by atoms with van der Waals surface area (Å²) in [7, 11) is 0. The zero-order valence-corrected chi connectivity index (χ0v) is 22.8. The number of unbranched alkanes of at least 4 members (excludes halogenated alkanes) is 17. The third-order valence-electron chi connectivity index (χ3n) is 7.35. The molecular weight excluding hydrogens is 408 g/mol. The molecule has 190 valence electrons. The van der Waals surface area contributed by atoms with Gasteiger partial charge in [0.05, 0.1) is 0 Å². The number of aryl methyl sites for hydroxylation is 4. The first kappa shape index (κ1) is 28.7. The zero-order valence-electron chi connectivity index (χ0n) is 22.8. The number of hydrogen-bond donors (Lipinski definition) is 0. The normalized spacial score (nSPS) is 11.2. The van der Waals surface area contributed by atoms with Crippen molar-refractivity contribution in [3.05, 3.63) is 70.8 Å². The molecule has 0 amide bonds. The first-order valence-electron chi connectivity index (χ1n) is 14.8. The van der Waals surface area contributed by atoms with E-state index in [2.05, 4.69) is 62.4 Å². The number of hydrogen-bond acceptors (Lipinski definition) is 0. The van der Waals surface area contributed by atoms with E-state index < -0.39 is 0 Å². The first-order valence-corrected chi connectivity index (χ1v) is 14.8. The van der Waals surface area contributed by atoms with Crippen molar-refractivity contribution in [2.75, 3.05) is 0 Å². The molecule has 2 rings (SSSR count). The summed E-state index contributed by atoms with van der Waals surface area (Å²) in [6.07, 6.45) is 28.4. The van der Waals surface area contributed by atoms with E-state index in [1.807, 2.05) is 0 Å². The van der Waals surface area contributed by atoms with Crippen LogP contribution < -0.4 is 0 Å². The van der Waals surface area contributed by atoms with Crippen molar-refractivity contribution in [1.29, 1.82) is 0 Å². The molecule has 0 bridgehead atoms. The predicted molar refractivity (Wildman–Crippen MR) is 153 cm³/mol. The molecule has 0 saturated carbocycles. The van der Waals surface area contributed by atoms with Gasteiger partial charge in [0.25, 0.3) is 0 Å². The van der Waals surface area contributed by atoms with Gasteiger partial charge in [-0.15, -0.1) is 0 Å². The van der Waals surface area contributed by atoms with E-state index in [1.54, 1.807) is 0 Å². The van der Waals surface area contributed by atoms with Gasteiger partial charge in [0.15, 0.2) is 0 Å². The van der Waals surface area contributed by atoms with E-state index in [4.69, 9.17) is 0 Å². The number of rotatable bonds is 21. The van der Waals surface area contributed by atoms with E-state index in [1.165, 1.54) is 151 Å². The Kier molecular flexibility index (Phi) is 16.6. The quantitative estimate of drug-likeness (QED) is 0.162. The molecule has 0 aliphatic rings. The lowest BCUT2D eigenvalue weighted by Gasteiger charge is -2.05. The molecule has 0 aromatic heterocycles. The summed E-state index contributed by atoms with van der Waals surface area (Å²) in [5.74, 6) is 0. The Morgan fingerprint density at radius 3 is 0.882 bits per heavy atom. The summed E-state index contributed by atoms with van der Waals surface area (Å²) >= 11 is 0. The average Bonchev–Trinajstić information content (AvgIpc) is 2.83. The average molecular weight is 463 g/mol. The highest BCUT2D eigenvalue weighted by Crippen LogP contribution is 2.16. The lowest BCUT2D eigenvalue weighted by molar-refractivity contribution is 0.524. The fraction of sp³-hybridized carbons (Fsp3) is 0.647. The molecule has 0 atom stereocenters. The minimum absolute atomic E-state index is 1.26. The van der Waals surface area contributed by atoms with Crippen molar-refractivity contribution in [3.63, 3.8) is 0 Å². The van der Waals surface area contributed by atoms with E-state index in [0.717, 1.165) is 0 Å². The maximum atomic E-state index is 2.34. The van der Waals surface area contributed by atoms with Crippen molar-refractivity contribution < 1.29 is 0 Å². The van der Waals surface area contributed by atoms with Crippen LogP contribution in [0.3, 0.4) is 0 Å². The molecule has 34 heavy (non-hydrogen) atoms. The highest BCUT2D eigenvalue weighted by molar-refractivity contribution is 5.22. The molecule has 0 unspecified atom stereocenters. The summed E-state index contributed by atoms with van der Waals surface area (Å²) < 4.78 is 0. The molecule has 0 heteroatoms. The molecule has 0 nitrogen and oxygen atoms in total. The van der Waals surface area contributed by atoms with Gasteiger partial charge in [0.1, 0.15) is 0 Å². The lowest BCUT2D eigenvalue weighted by Crippen LogP contribution is -1.88. The Balaban J connectivity index is 1.23. The molecule has 0 aliphatic carbocycles. The van der Waals surface area contributed by atoms with E-state index in [-0.39, 0.29) is 0 Å². The Labute approximate surface area is 213 Å². The molecule has 0 radical (unpaired) electrons. The predicted octanol–water partition coefficient (Wildman–Crippen LogP) is 11.1. The van der Waals surface area contributed by atoms with Crippen LogP contribution in [0.25, 0.3) is 0 Å². The Morgan fingerprint density at radius 1 is 0.353 bits per heavy atom. The second kappa shape index (κ2) is 19.7. The third-order valence-corrected chi connectivity index (χ3v) is 7.35. The summed E-state index contributed by atoms with van der Waals surface area (Å²) in [6, 6.07) is 18.0. The highest BCUT2D eigenvalue weighted by Gasteiger charge is 1.98. The van der Waals surface area contributed by atoms with Crippen molar-refractivity contribution in [2.45, 2.75) is 142 Å². The van der Waals surface area contributed by atoms with Crippen molar-refractivity contribution >= 4 is 0 Å². The van der Waals surface area contributed by atoms with Gasteiger partial charge in [-0.2, -0.15) is 0 Å². The van der Waals surface area contributed by atoms with Crippen LogP contribution in [-0.2, 0) is 12.8 Å². The minimum atomic E-state index is 1.26. The lowest BCUT2D eigenvalue weighted by atomic mass is 10.0. The second-order valence-corrected chi connectivity index (χ2v) is 10.8. The Bertz CT molecular complexity index is 665. The van der Waals surface area contributed by atoms with Gasteiger partial charge in [-0.1, -0.05) is 162 Å². The van der Waals surface area contributed by atoms with Gasteiger partial charge in [0.2, 0.25) is 0 Å². The van der Waals surface area contributed by atoms with Crippen molar-refractivity contribution in [3.8, 4) is 0 Å². The van der Waals surface area contributed by atoms with Crippen LogP contribution in [0.4, 0.5) is 0 Å². The van der Waals surface area contributed by atoms with Crippen LogP contribution in [0, 0.1) is 13.8 Å². The van der Waals surface area contributed by atoms with Crippen LogP contribution in [0.1, 0.15) is 138 Å². The minimum Gasteiger partial charge on any atom is -0.0617 e. The molecule has 0 fully saturated rings. The van der Waals surface area contributed by atoms with E-state index in [9.17, 15) is 0 Å². The summed E-state index contributed by atoms with van der Waals surface area (Å²) in [5.41, 5.74) is 5.83. The fourth-order valence-electron chi connectivity index (χ4n) is 5.22. The van der Waals surface area contributed by atoms with Gasteiger partial charge < -0.3 is 0 Å². The fourth-order valence-corrected chi connectivity index (χ4v) is 5.22. The van der Waals surface area contributed by atoms with Crippen molar-refractivity contribution in [1.82, 2.24) is 0 Å². The molecule has 2 aromatic rings. The Morgan fingerprint density at radius 2 is 0.618 bits per heavy atom. The van der Waals surface area contributed by atoms with Gasteiger partial charge >= 0.3 is 0 Å². The second-order valence-electron chi connectivity index (χ2n) is 10.8. The molecule has 2 aromatic carbocycles. The third kappa shape index (κ3) is 15.4. The monoisotopic (exact) mass is 462 g/mol. The molecular formula is C34H54. The smallest absolute Gasteiger partial charge is 0.0279 e. The zero-order chi connectivity index (χ0) is 24.1. The van der Waals surface area contributed by atoms with Gasteiger partial charge in [-0.3, -0.25) is 0 Å². The van der Waals surface area contributed by atoms with E-state index in [0.29, 0.717) is 0 Å². The summed E-state index contributed by atoms with van der Waals surface area (Å²) in [6.45, 7) is 4.39. The van der Waals surface area contributed by atoms with Gasteiger partial charge in [-0.25, -0.2) is 0 Å². The van der Waals surface area contributed by atoms with Crippen LogP contribution in [0.2, 0.25) is 0 Å². The van der Waals surface area contributed by atoms with E-state index >= 15 is 0 Å². The molecule has 0 spiro atoms. The van der Waals surface area contributed by atoms with Gasteiger partial charge in [-0.05, 0) is 50.7 Å². The molecule has 0 saturated heterocycles. The SMILES string of the molecule is Cc1cccc(CCCCCCCCCCCCCCCCCCCCc2cccc(C)c2)c1. The largest absolute Gasteiger partial charge is 0.0617 e. The summed E-state index contributed by atoms with van der Waals surface area (Å²) in [5, 5.41) is 0. The van der Waals surface area contributed by atoms with Crippen LogP contribution in [-0.4, -0.2) is 0 Å². The molecule has 0 heterocycles. The van der Waals surface area contributed by atoms with Crippen LogP contribution in [0.5, 0.6) is 0 Å². The highest BCUT2D eigenvalue weighted by atomic mass is 14.0. The maximum Gasteiger partial charge on any atom is -0.0279 e. The van der Waals surface area contributed by atoms with Gasteiger partial charge in [0, 0.05) is 0 Å². The first-order chi connectivity index (χ1) is 16.7. The standard InChI is InChI=1S/C34H54/c1-31-23-21-27-33(29-31)25-19-17-15-13-11-9-7-5-3-4-6-8-10-12-14-16-18-20-26-34-28-22-24-32(2)30-34/h21-24,27-30H,3-20,25-26H2,1-2H3. The number of benzene rings is 2. The van der Waals surface area contributed by atoms with Crippen LogP contribution >= 0.6 is 0 Å². The van der Waals surface area contributed by atoms with Crippen LogP contribution in [0.15, 0.2) is 48.5 Å².